The van der Waals surface area contributed by atoms with Gasteiger partial charge >= 0.3 is 0 Å². The van der Waals surface area contributed by atoms with E-state index in [-0.39, 0.29) is 0 Å². The topological polar surface area (TPSA) is 63.2 Å². The van der Waals surface area contributed by atoms with Gasteiger partial charge in [0.2, 0.25) is 0 Å². The number of nitrogens with one attached hydrogen (secondary N) is 1. The predicted molar refractivity (Wildman–Crippen MR) is 113 cm³/mol. The second-order valence-electron chi connectivity index (χ2n) is 6.74. The van der Waals surface area contributed by atoms with Crippen molar-refractivity contribution in [3.05, 3.63) is 90.6 Å². The quantitative estimate of drug-likeness (QED) is 0.519. The van der Waals surface area contributed by atoms with E-state index in [0.29, 0.717) is 11.8 Å². The Morgan fingerprint density at radius 3 is 2.45 bits per heavy atom. The van der Waals surface area contributed by atoms with Crippen LogP contribution in [0.4, 0.5) is 23.1 Å². The number of anilines is 4. The third-order valence-corrected chi connectivity index (χ3v) is 4.78. The molecule has 0 spiro atoms. The molecule has 142 valence electrons. The van der Waals surface area contributed by atoms with Crippen LogP contribution in [0.1, 0.15) is 5.56 Å². The van der Waals surface area contributed by atoms with E-state index in [0.717, 1.165) is 35.8 Å². The first-order valence-corrected chi connectivity index (χ1v) is 9.50. The molecule has 1 aromatic heterocycles. The molecule has 3 aromatic carbocycles. The van der Waals surface area contributed by atoms with Crippen LogP contribution >= 0.6 is 0 Å². The van der Waals surface area contributed by atoms with Gasteiger partial charge in [-0.2, -0.15) is 10.1 Å². The van der Waals surface area contributed by atoms with E-state index >= 15 is 0 Å². The third-order valence-electron chi connectivity index (χ3n) is 4.78. The summed E-state index contributed by atoms with van der Waals surface area (Å²) in [4.78, 5) is 6.75. The maximum absolute atomic E-state index is 5.83. The van der Waals surface area contributed by atoms with E-state index in [1.165, 1.54) is 5.56 Å². The zero-order chi connectivity index (χ0) is 19.5. The summed E-state index contributed by atoms with van der Waals surface area (Å²) in [5.74, 6) is 2.83. The molecule has 6 nitrogen and oxygen atoms in total. The number of hydrogen-bond acceptors (Lipinski definition) is 6. The molecule has 0 aliphatic carbocycles. The van der Waals surface area contributed by atoms with Crippen molar-refractivity contribution < 1.29 is 4.74 Å². The highest BCUT2D eigenvalue weighted by molar-refractivity contribution is 5.66. The molecule has 6 heteroatoms. The van der Waals surface area contributed by atoms with Crippen molar-refractivity contribution in [3.8, 4) is 11.5 Å². The molecule has 1 aliphatic rings. The lowest BCUT2D eigenvalue weighted by Gasteiger charge is -2.17. The Kier molecular flexibility index (Phi) is 4.50. The zero-order valence-corrected chi connectivity index (χ0v) is 15.7. The molecule has 5 rings (SSSR count). The fraction of sp³-hybridized carbons (Fsp3) is 0.0870. The third kappa shape index (κ3) is 3.73. The molecule has 0 amide bonds. The molecule has 4 aromatic rings. The first-order chi connectivity index (χ1) is 14.3. The van der Waals surface area contributed by atoms with Crippen LogP contribution in [0.3, 0.4) is 0 Å². The Morgan fingerprint density at radius 1 is 0.828 bits per heavy atom. The molecule has 0 radical (unpaired) electrons. The highest BCUT2D eigenvalue weighted by Crippen LogP contribution is 2.32. The van der Waals surface area contributed by atoms with Crippen LogP contribution in [0.2, 0.25) is 0 Å². The molecule has 0 saturated heterocycles. The summed E-state index contributed by atoms with van der Waals surface area (Å²) in [6.45, 7) is 0.857. The van der Waals surface area contributed by atoms with E-state index in [4.69, 9.17) is 4.74 Å². The second kappa shape index (κ2) is 7.59. The summed E-state index contributed by atoms with van der Waals surface area (Å²) < 4.78 is 5.83. The minimum absolute atomic E-state index is 0.601. The fourth-order valence-corrected chi connectivity index (χ4v) is 3.39. The van der Waals surface area contributed by atoms with Gasteiger partial charge in [0.25, 0.3) is 5.95 Å². The molecular formula is C23H19N5O. The number of ether oxygens (including phenoxy) is 1. The van der Waals surface area contributed by atoms with Gasteiger partial charge in [0.15, 0.2) is 5.82 Å². The normalized spacial score (nSPS) is 12.5. The average Bonchev–Trinajstić information content (AvgIpc) is 3.20. The van der Waals surface area contributed by atoms with Gasteiger partial charge in [0.05, 0.1) is 6.20 Å². The smallest absolute Gasteiger partial charge is 0.251 e. The minimum Gasteiger partial charge on any atom is -0.457 e. The maximum Gasteiger partial charge on any atom is 0.251 e. The molecule has 0 atom stereocenters. The van der Waals surface area contributed by atoms with Gasteiger partial charge in [-0.15, -0.1) is 5.10 Å². The van der Waals surface area contributed by atoms with E-state index in [1.807, 2.05) is 60.7 Å². The number of rotatable bonds is 5. The molecular weight excluding hydrogens is 362 g/mol. The molecule has 29 heavy (non-hydrogen) atoms. The zero-order valence-electron chi connectivity index (χ0n) is 15.7. The summed E-state index contributed by atoms with van der Waals surface area (Å²) in [7, 11) is 0. The van der Waals surface area contributed by atoms with E-state index < -0.39 is 0 Å². The number of benzene rings is 3. The number of hydrogen-bond donors (Lipinski definition) is 1. The molecule has 2 heterocycles. The number of fused-ring (bicyclic) bond motifs is 1. The summed E-state index contributed by atoms with van der Waals surface area (Å²) >= 11 is 0. The average molecular weight is 381 g/mol. The largest absolute Gasteiger partial charge is 0.457 e. The second-order valence-corrected chi connectivity index (χ2v) is 6.74. The highest BCUT2D eigenvalue weighted by atomic mass is 16.5. The van der Waals surface area contributed by atoms with Crippen molar-refractivity contribution in [2.45, 2.75) is 6.42 Å². The Hall–Kier alpha value is -3.93. The fourth-order valence-electron chi connectivity index (χ4n) is 3.39. The Labute approximate surface area is 168 Å². The Bertz CT molecular complexity index is 1120. The van der Waals surface area contributed by atoms with Crippen LogP contribution in [0.25, 0.3) is 0 Å². The highest BCUT2D eigenvalue weighted by Gasteiger charge is 2.22. The van der Waals surface area contributed by atoms with E-state index in [1.54, 1.807) is 6.20 Å². The minimum atomic E-state index is 0.601. The molecule has 0 saturated carbocycles. The summed E-state index contributed by atoms with van der Waals surface area (Å²) in [5, 5.41) is 11.6. The standard InChI is InChI=1S/C23H19N5O/c1-2-7-19(8-3-1)29-20-12-10-18(11-13-20)25-22-16-24-27-23(26-22)28-15-14-17-6-4-5-9-21(17)28/h1-13,16H,14-15H2,(H,25,26,27). The van der Waals surface area contributed by atoms with Crippen LogP contribution in [0.15, 0.2) is 85.1 Å². The van der Waals surface area contributed by atoms with Crippen molar-refractivity contribution in [2.24, 2.45) is 0 Å². The van der Waals surface area contributed by atoms with Gasteiger partial charge in [0, 0.05) is 17.9 Å². The van der Waals surface area contributed by atoms with Crippen molar-refractivity contribution in [3.63, 3.8) is 0 Å². The SMILES string of the molecule is c1ccc(Oc2ccc(Nc3cnnc(N4CCc5ccccc54)n3)cc2)cc1. The van der Waals surface area contributed by atoms with Crippen molar-refractivity contribution in [1.29, 1.82) is 0 Å². The summed E-state index contributed by atoms with van der Waals surface area (Å²) in [6, 6.07) is 25.8. The molecule has 1 N–H and O–H groups in total. The Balaban J connectivity index is 1.31. The molecule has 1 aliphatic heterocycles. The summed E-state index contributed by atoms with van der Waals surface area (Å²) in [5.41, 5.74) is 3.36. The van der Waals surface area contributed by atoms with Crippen molar-refractivity contribution in [1.82, 2.24) is 15.2 Å². The van der Waals surface area contributed by atoms with Gasteiger partial charge in [0.1, 0.15) is 11.5 Å². The van der Waals surface area contributed by atoms with Gasteiger partial charge in [-0.3, -0.25) is 0 Å². The lowest BCUT2D eigenvalue weighted by Crippen LogP contribution is -2.17. The van der Waals surface area contributed by atoms with Crippen LogP contribution in [0, 0.1) is 0 Å². The molecule has 0 unspecified atom stereocenters. The van der Waals surface area contributed by atoms with Crippen LogP contribution in [-0.4, -0.2) is 21.7 Å². The maximum atomic E-state index is 5.83. The summed E-state index contributed by atoms with van der Waals surface area (Å²) in [6.07, 6.45) is 2.61. The van der Waals surface area contributed by atoms with Crippen molar-refractivity contribution in [2.75, 3.05) is 16.8 Å². The number of para-hydroxylation sites is 2. The molecule has 0 fully saturated rings. The monoisotopic (exact) mass is 381 g/mol. The lowest BCUT2D eigenvalue weighted by molar-refractivity contribution is 0.483. The van der Waals surface area contributed by atoms with Crippen LogP contribution in [0.5, 0.6) is 11.5 Å². The first-order valence-electron chi connectivity index (χ1n) is 9.50. The van der Waals surface area contributed by atoms with Gasteiger partial charge in [-0.1, -0.05) is 36.4 Å². The number of aromatic nitrogens is 3. The predicted octanol–water partition coefficient (Wildman–Crippen LogP) is 5.10. The van der Waals surface area contributed by atoms with Gasteiger partial charge < -0.3 is 15.0 Å². The van der Waals surface area contributed by atoms with Gasteiger partial charge in [-0.25, -0.2) is 0 Å². The molecule has 0 bridgehead atoms. The van der Waals surface area contributed by atoms with E-state index in [2.05, 4.69) is 43.6 Å². The lowest BCUT2D eigenvalue weighted by atomic mass is 10.2. The number of nitrogens with zero attached hydrogens (tertiary/aromatic N) is 4. The van der Waals surface area contributed by atoms with E-state index in [9.17, 15) is 0 Å². The first kappa shape index (κ1) is 17.2. The van der Waals surface area contributed by atoms with Gasteiger partial charge in [-0.05, 0) is 54.4 Å². The van der Waals surface area contributed by atoms with Crippen LogP contribution < -0.4 is 15.0 Å². The van der Waals surface area contributed by atoms with Crippen molar-refractivity contribution >= 4 is 23.1 Å². The van der Waals surface area contributed by atoms with Crippen LogP contribution in [-0.2, 0) is 6.42 Å². The Morgan fingerprint density at radius 2 is 1.59 bits per heavy atom.